The largest absolute Gasteiger partial charge is 0.505 e. The Morgan fingerprint density at radius 2 is 1.29 bits per heavy atom. The lowest BCUT2D eigenvalue weighted by atomic mass is 10.0. The number of hydrogen-bond acceptors (Lipinski definition) is 4. The van der Waals surface area contributed by atoms with Crippen LogP contribution in [0.1, 0.15) is 114 Å². The lowest BCUT2D eigenvalue weighted by molar-refractivity contribution is 0.0693. The van der Waals surface area contributed by atoms with E-state index in [1.807, 2.05) is 0 Å². The van der Waals surface area contributed by atoms with Crippen LogP contribution in [0.15, 0.2) is 18.2 Å². The number of hydrogen-bond donors (Lipinski definition) is 3. The van der Waals surface area contributed by atoms with Crippen LogP contribution in [0.3, 0.4) is 0 Å². The SMILES string of the molecule is CCCCCCCCCCCCCCCCCOC(=O)Nc1cccc(C(=O)O)c1O. The Balaban J connectivity index is 1.94. The average molecular weight is 436 g/mol. The van der Waals surface area contributed by atoms with Gasteiger partial charge in [-0.05, 0) is 18.6 Å². The van der Waals surface area contributed by atoms with Crippen LogP contribution >= 0.6 is 0 Å². The molecule has 0 aliphatic heterocycles. The molecular weight excluding hydrogens is 394 g/mol. The van der Waals surface area contributed by atoms with E-state index in [4.69, 9.17) is 9.84 Å². The van der Waals surface area contributed by atoms with Gasteiger partial charge in [0, 0.05) is 0 Å². The summed E-state index contributed by atoms with van der Waals surface area (Å²) >= 11 is 0. The molecule has 31 heavy (non-hydrogen) atoms. The second-order valence-corrected chi connectivity index (χ2v) is 8.22. The molecule has 0 saturated heterocycles. The number of amides is 1. The molecule has 176 valence electrons. The summed E-state index contributed by atoms with van der Waals surface area (Å²) < 4.78 is 5.11. The first-order valence-corrected chi connectivity index (χ1v) is 12.0. The molecular formula is C25H41NO5. The van der Waals surface area contributed by atoms with Crippen molar-refractivity contribution in [3.8, 4) is 5.75 Å². The fourth-order valence-electron chi connectivity index (χ4n) is 3.60. The maximum absolute atomic E-state index is 11.8. The zero-order valence-corrected chi connectivity index (χ0v) is 19.2. The van der Waals surface area contributed by atoms with Gasteiger partial charge >= 0.3 is 12.1 Å². The van der Waals surface area contributed by atoms with Gasteiger partial charge in [-0.15, -0.1) is 0 Å². The van der Waals surface area contributed by atoms with E-state index in [9.17, 15) is 14.7 Å². The van der Waals surface area contributed by atoms with Crippen LogP contribution in [0, 0.1) is 0 Å². The van der Waals surface area contributed by atoms with Crippen molar-refractivity contribution < 1.29 is 24.5 Å². The summed E-state index contributed by atoms with van der Waals surface area (Å²) in [7, 11) is 0. The number of para-hydroxylation sites is 1. The third-order valence-corrected chi connectivity index (χ3v) is 5.48. The number of ether oxygens (including phenoxy) is 1. The number of anilines is 1. The number of carboxylic acid groups (broad SMARTS) is 1. The second kappa shape index (κ2) is 17.4. The first kappa shape index (κ1) is 26.8. The first-order chi connectivity index (χ1) is 15.1. The van der Waals surface area contributed by atoms with E-state index in [-0.39, 0.29) is 11.3 Å². The van der Waals surface area contributed by atoms with E-state index in [0.717, 1.165) is 19.3 Å². The minimum Gasteiger partial charge on any atom is -0.505 e. The standard InChI is InChI=1S/C25H41NO5/c1-2-3-4-5-6-7-8-9-10-11-12-13-14-15-16-20-31-25(30)26-22-19-17-18-21(23(22)27)24(28)29/h17-19,27H,2-16,20H2,1H3,(H,26,30)(H,28,29). The number of carboxylic acids is 1. The predicted molar refractivity (Wildman–Crippen MR) is 125 cm³/mol. The topological polar surface area (TPSA) is 95.9 Å². The van der Waals surface area contributed by atoms with E-state index in [0.29, 0.717) is 6.61 Å². The molecule has 0 fully saturated rings. The molecule has 0 saturated carbocycles. The molecule has 1 aromatic carbocycles. The van der Waals surface area contributed by atoms with Crippen molar-refractivity contribution in [1.82, 2.24) is 0 Å². The highest BCUT2D eigenvalue weighted by Gasteiger charge is 2.14. The normalized spacial score (nSPS) is 10.7. The van der Waals surface area contributed by atoms with Gasteiger partial charge in [0.15, 0.2) is 5.75 Å². The summed E-state index contributed by atoms with van der Waals surface area (Å²) in [6, 6.07) is 4.15. The Hall–Kier alpha value is -2.24. The number of unbranched alkanes of at least 4 members (excludes halogenated alkanes) is 14. The van der Waals surface area contributed by atoms with Crippen LogP contribution in [0.2, 0.25) is 0 Å². The van der Waals surface area contributed by atoms with Crippen molar-refractivity contribution in [3.05, 3.63) is 23.8 Å². The summed E-state index contributed by atoms with van der Waals surface area (Å²) in [5, 5.41) is 21.2. The molecule has 3 N–H and O–H groups in total. The summed E-state index contributed by atoms with van der Waals surface area (Å²) in [5.41, 5.74) is -0.235. The molecule has 0 unspecified atom stereocenters. The number of aromatic hydroxyl groups is 1. The Bertz CT molecular complexity index is 632. The average Bonchev–Trinajstić information content (AvgIpc) is 2.74. The van der Waals surface area contributed by atoms with Crippen LogP contribution < -0.4 is 5.32 Å². The summed E-state index contributed by atoms with van der Waals surface area (Å²) in [6.07, 6.45) is 18.5. The first-order valence-electron chi connectivity index (χ1n) is 12.0. The zero-order valence-electron chi connectivity index (χ0n) is 19.2. The number of nitrogens with one attached hydrogen (secondary N) is 1. The van der Waals surface area contributed by atoms with E-state index in [1.54, 1.807) is 0 Å². The molecule has 0 aliphatic carbocycles. The number of rotatable bonds is 18. The van der Waals surface area contributed by atoms with Crippen molar-refractivity contribution in [2.45, 2.75) is 103 Å². The van der Waals surface area contributed by atoms with Gasteiger partial charge < -0.3 is 14.9 Å². The molecule has 0 aliphatic rings. The quantitative estimate of drug-likeness (QED) is 0.164. The van der Waals surface area contributed by atoms with Crippen molar-refractivity contribution in [3.63, 3.8) is 0 Å². The molecule has 6 heteroatoms. The molecule has 1 aromatic rings. The summed E-state index contributed by atoms with van der Waals surface area (Å²) in [4.78, 5) is 22.8. The van der Waals surface area contributed by atoms with Gasteiger partial charge in [-0.2, -0.15) is 0 Å². The highest BCUT2D eigenvalue weighted by molar-refractivity contribution is 5.96. The summed E-state index contributed by atoms with van der Waals surface area (Å²) in [6.45, 7) is 2.57. The molecule has 0 spiro atoms. The maximum Gasteiger partial charge on any atom is 0.411 e. The van der Waals surface area contributed by atoms with Gasteiger partial charge in [-0.25, -0.2) is 9.59 Å². The van der Waals surface area contributed by atoms with Gasteiger partial charge in [0.05, 0.1) is 12.3 Å². The van der Waals surface area contributed by atoms with Crippen LogP contribution in [-0.4, -0.2) is 28.9 Å². The Kier molecular flexibility index (Phi) is 15.1. The van der Waals surface area contributed by atoms with E-state index < -0.39 is 17.8 Å². The minimum absolute atomic E-state index is 0.0291. The minimum atomic E-state index is -1.26. The molecule has 1 rings (SSSR count). The van der Waals surface area contributed by atoms with Gasteiger partial charge in [-0.3, -0.25) is 5.32 Å². The van der Waals surface area contributed by atoms with Crippen molar-refractivity contribution in [1.29, 1.82) is 0 Å². The van der Waals surface area contributed by atoms with E-state index in [2.05, 4.69) is 12.2 Å². The Labute approximate surface area is 187 Å². The van der Waals surface area contributed by atoms with Gasteiger partial charge in [-0.1, -0.05) is 103 Å². The number of aromatic carboxylic acids is 1. The van der Waals surface area contributed by atoms with Crippen molar-refractivity contribution in [2.75, 3.05) is 11.9 Å². The van der Waals surface area contributed by atoms with Gasteiger partial charge in [0.25, 0.3) is 0 Å². The van der Waals surface area contributed by atoms with Crippen molar-refractivity contribution >= 4 is 17.7 Å². The van der Waals surface area contributed by atoms with Crippen LogP contribution in [-0.2, 0) is 4.74 Å². The second-order valence-electron chi connectivity index (χ2n) is 8.22. The molecule has 0 bridgehead atoms. The van der Waals surface area contributed by atoms with E-state index >= 15 is 0 Å². The highest BCUT2D eigenvalue weighted by atomic mass is 16.5. The Morgan fingerprint density at radius 3 is 1.77 bits per heavy atom. The van der Waals surface area contributed by atoms with Crippen LogP contribution in [0.4, 0.5) is 10.5 Å². The molecule has 0 atom stereocenters. The molecule has 1 amide bonds. The molecule has 6 nitrogen and oxygen atoms in total. The van der Waals surface area contributed by atoms with Gasteiger partial charge in [0.1, 0.15) is 5.56 Å². The number of carbonyl (C=O) groups excluding carboxylic acids is 1. The van der Waals surface area contributed by atoms with Crippen molar-refractivity contribution in [2.24, 2.45) is 0 Å². The van der Waals surface area contributed by atoms with Crippen LogP contribution in [0.5, 0.6) is 5.75 Å². The van der Waals surface area contributed by atoms with Crippen LogP contribution in [0.25, 0.3) is 0 Å². The fraction of sp³-hybridized carbons (Fsp3) is 0.680. The molecule has 0 aromatic heterocycles. The smallest absolute Gasteiger partial charge is 0.411 e. The lowest BCUT2D eigenvalue weighted by Gasteiger charge is -2.09. The zero-order chi connectivity index (χ0) is 22.7. The number of benzene rings is 1. The predicted octanol–water partition coefficient (Wildman–Crippen LogP) is 7.51. The molecule has 0 heterocycles. The maximum atomic E-state index is 11.8. The third-order valence-electron chi connectivity index (χ3n) is 5.48. The Morgan fingerprint density at radius 1 is 0.806 bits per heavy atom. The van der Waals surface area contributed by atoms with Gasteiger partial charge in [0.2, 0.25) is 0 Å². The summed E-state index contributed by atoms with van der Waals surface area (Å²) in [5.74, 6) is -1.73. The lowest BCUT2D eigenvalue weighted by Crippen LogP contribution is -2.15. The number of carbonyl (C=O) groups is 2. The molecule has 0 radical (unpaired) electrons. The monoisotopic (exact) mass is 435 g/mol. The van der Waals surface area contributed by atoms with E-state index in [1.165, 1.54) is 95.2 Å². The fourth-order valence-corrected chi connectivity index (χ4v) is 3.60. The third kappa shape index (κ3) is 12.9. The highest BCUT2D eigenvalue weighted by Crippen LogP contribution is 2.27. The number of phenols is 1.